The van der Waals surface area contributed by atoms with Crippen LogP contribution >= 0.6 is 11.8 Å². The molecule has 35 heavy (non-hydrogen) atoms. The highest BCUT2D eigenvalue weighted by Gasteiger charge is 2.35. The fourth-order valence-electron chi connectivity index (χ4n) is 4.93. The number of para-hydroxylation sites is 1. The van der Waals surface area contributed by atoms with E-state index in [-0.39, 0.29) is 5.91 Å². The van der Waals surface area contributed by atoms with Crippen molar-refractivity contribution in [3.8, 4) is 0 Å². The summed E-state index contributed by atoms with van der Waals surface area (Å²) in [5.41, 5.74) is 1.62. The van der Waals surface area contributed by atoms with Gasteiger partial charge in [0.15, 0.2) is 11.3 Å². The van der Waals surface area contributed by atoms with Crippen molar-refractivity contribution >= 4 is 50.1 Å². The largest absolute Gasteiger partial charge is 0.298 e. The van der Waals surface area contributed by atoms with Crippen LogP contribution < -0.4 is 15.9 Å². The summed E-state index contributed by atoms with van der Waals surface area (Å²) in [4.78, 5) is 18.7. The van der Waals surface area contributed by atoms with Gasteiger partial charge >= 0.3 is 0 Å². The number of hydrogen-bond donors (Lipinski definition) is 1. The number of hydrogen-bond acceptors (Lipinski definition) is 5. The van der Waals surface area contributed by atoms with E-state index in [0.717, 1.165) is 56.3 Å². The second-order valence-corrected chi connectivity index (χ2v) is 9.94. The average Bonchev–Trinajstić information content (AvgIpc) is 2.89. The number of rotatable bonds is 5. The highest BCUT2D eigenvalue weighted by molar-refractivity contribution is 8.13. The Morgan fingerprint density at radius 1 is 0.914 bits per heavy atom. The van der Waals surface area contributed by atoms with Crippen molar-refractivity contribution in [1.29, 1.82) is 0 Å². The van der Waals surface area contributed by atoms with Gasteiger partial charge in [0.05, 0.1) is 5.36 Å². The molecule has 1 atom stereocenters. The lowest BCUT2D eigenvalue weighted by Gasteiger charge is -2.35. The molecule has 6 heteroatoms. The second kappa shape index (κ2) is 9.19. The van der Waals surface area contributed by atoms with Crippen molar-refractivity contribution in [2.45, 2.75) is 32.4 Å². The minimum atomic E-state index is -0.451. The molecular weight excluding hydrogens is 452 g/mol. The van der Waals surface area contributed by atoms with E-state index in [4.69, 9.17) is 10.1 Å². The zero-order chi connectivity index (χ0) is 23.8. The quantitative estimate of drug-likeness (QED) is 0.322. The van der Waals surface area contributed by atoms with Crippen molar-refractivity contribution in [2.75, 3.05) is 5.75 Å². The molecule has 1 amide bonds. The van der Waals surface area contributed by atoms with Crippen LogP contribution in [0.5, 0.6) is 0 Å². The van der Waals surface area contributed by atoms with Crippen LogP contribution in [0.4, 0.5) is 0 Å². The first-order valence-corrected chi connectivity index (χ1v) is 13.1. The molecule has 174 valence electrons. The number of fused-ring (bicyclic) bond motifs is 4. The van der Waals surface area contributed by atoms with Gasteiger partial charge in [0.1, 0.15) is 5.70 Å². The maximum atomic E-state index is 13.5. The first-order valence-electron chi connectivity index (χ1n) is 12.1. The van der Waals surface area contributed by atoms with Crippen LogP contribution in [0, 0.1) is 0 Å². The summed E-state index contributed by atoms with van der Waals surface area (Å²) in [6, 6.07) is 26.8. The van der Waals surface area contributed by atoms with Crippen molar-refractivity contribution in [2.24, 2.45) is 10.1 Å². The summed E-state index contributed by atoms with van der Waals surface area (Å²) >= 11 is 1.60. The smallest absolute Gasteiger partial charge is 0.276 e. The summed E-state index contributed by atoms with van der Waals surface area (Å²) < 4.78 is 0. The molecule has 2 aliphatic heterocycles. The normalized spacial score (nSPS) is 17.0. The van der Waals surface area contributed by atoms with E-state index in [2.05, 4.69) is 66.8 Å². The fraction of sp³-hybridized carbons (Fsp3) is 0.207. The SMILES string of the molecule is CCCCCSC1=NN2C(=c3ccccc3=N[C@H]2c2c3ccccc3cc3ccccc23)C(=O)N1. The Labute approximate surface area is 208 Å². The van der Waals surface area contributed by atoms with Crippen LogP contribution in [0.2, 0.25) is 0 Å². The molecule has 0 unspecified atom stereocenters. The summed E-state index contributed by atoms with van der Waals surface area (Å²) in [5, 5.41) is 16.7. The van der Waals surface area contributed by atoms with Crippen LogP contribution in [0.15, 0.2) is 89.0 Å². The van der Waals surface area contributed by atoms with Gasteiger partial charge in [-0.15, -0.1) is 5.10 Å². The first kappa shape index (κ1) is 21.9. The number of nitrogens with zero attached hydrogens (tertiary/aromatic N) is 3. The van der Waals surface area contributed by atoms with Crippen LogP contribution in [-0.4, -0.2) is 21.8 Å². The highest BCUT2D eigenvalue weighted by Crippen LogP contribution is 2.39. The molecule has 0 saturated carbocycles. The molecule has 0 saturated heterocycles. The number of carbonyl (C=O) groups excluding carboxylic acids is 1. The lowest BCUT2D eigenvalue weighted by molar-refractivity contribution is -0.116. The lowest BCUT2D eigenvalue weighted by Crippen LogP contribution is -2.50. The molecule has 6 rings (SSSR count). The van der Waals surface area contributed by atoms with E-state index in [1.54, 1.807) is 11.8 Å². The fourth-order valence-corrected chi connectivity index (χ4v) is 5.78. The summed E-state index contributed by atoms with van der Waals surface area (Å²) in [5.74, 6) is 0.793. The molecule has 5 nitrogen and oxygen atoms in total. The number of amides is 1. The lowest BCUT2D eigenvalue weighted by atomic mass is 9.94. The molecule has 4 aromatic carbocycles. The van der Waals surface area contributed by atoms with Crippen molar-refractivity contribution in [3.05, 3.63) is 95.0 Å². The molecule has 0 bridgehead atoms. The topological polar surface area (TPSA) is 57.1 Å². The number of carbonyl (C=O) groups is 1. The van der Waals surface area contributed by atoms with Gasteiger partial charge in [-0.05, 0) is 40.1 Å². The predicted octanol–water partition coefficient (Wildman–Crippen LogP) is 5.06. The van der Waals surface area contributed by atoms with E-state index >= 15 is 0 Å². The molecule has 2 heterocycles. The number of amidine groups is 1. The average molecular weight is 479 g/mol. The molecule has 0 aromatic heterocycles. The van der Waals surface area contributed by atoms with Crippen molar-refractivity contribution in [1.82, 2.24) is 10.3 Å². The number of hydrazone groups is 1. The molecule has 0 fully saturated rings. The summed E-state index contributed by atoms with van der Waals surface area (Å²) in [7, 11) is 0. The van der Waals surface area contributed by atoms with E-state index in [1.807, 2.05) is 29.3 Å². The van der Waals surface area contributed by atoms with Crippen molar-refractivity contribution < 1.29 is 4.79 Å². The zero-order valence-electron chi connectivity index (χ0n) is 19.6. The maximum absolute atomic E-state index is 13.5. The minimum Gasteiger partial charge on any atom is -0.298 e. The van der Waals surface area contributed by atoms with E-state index in [0.29, 0.717) is 10.9 Å². The Balaban J connectivity index is 1.59. The summed E-state index contributed by atoms with van der Waals surface area (Å²) in [6.45, 7) is 2.19. The highest BCUT2D eigenvalue weighted by atomic mass is 32.2. The maximum Gasteiger partial charge on any atom is 0.276 e. The van der Waals surface area contributed by atoms with Crippen LogP contribution in [0.1, 0.15) is 37.9 Å². The third kappa shape index (κ3) is 3.88. The van der Waals surface area contributed by atoms with Gasteiger partial charge in [0.2, 0.25) is 0 Å². The van der Waals surface area contributed by atoms with Gasteiger partial charge in [-0.25, -0.2) is 5.01 Å². The number of nitrogens with one attached hydrogen (secondary N) is 1. The van der Waals surface area contributed by atoms with E-state index < -0.39 is 6.17 Å². The van der Waals surface area contributed by atoms with E-state index in [1.165, 1.54) is 6.42 Å². The van der Waals surface area contributed by atoms with Gasteiger partial charge in [-0.1, -0.05) is 98.3 Å². The predicted molar refractivity (Wildman–Crippen MR) is 144 cm³/mol. The van der Waals surface area contributed by atoms with Crippen LogP contribution in [0.3, 0.4) is 0 Å². The summed E-state index contributed by atoms with van der Waals surface area (Å²) in [6.07, 6.45) is 2.98. The van der Waals surface area contributed by atoms with Crippen molar-refractivity contribution in [3.63, 3.8) is 0 Å². The van der Waals surface area contributed by atoms with Crippen LogP contribution in [-0.2, 0) is 4.79 Å². The Hall–Kier alpha value is -3.64. The molecule has 1 N–H and O–H groups in total. The Morgan fingerprint density at radius 2 is 1.60 bits per heavy atom. The molecule has 0 aliphatic carbocycles. The van der Waals surface area contributed by atoms with Crippen LogP contribution in [0.25, 0.3) is 27.2 Å². The Bertz CT molecular complexity index is 1560. The zero-order valence-corrected chi connectivity index (χ0v) is 20.4. The molecule has 2 aliphatic rings. The third-order valence-electron chi connectivity index (χ3n) is 6.57. The number of unbranched alkanes of at least 4 members (excludes halogenated alkanes) is 2. The van der Waals surface area contributed by atoms with Gasteiger partial charge in [0, 0.05) is 16.5 Å². The number of thioether (sulfide) groups is 1. The van der Waals surface area contributed by atoms with Gasteiger partial charge in [0.25, 0.3) is 5.91 Å². The second-order valence-electron chi connectivity index (χ2n) is 8.86. The first-order chi connectivity index (χ1) is 17.2. The van der Waals surface area contributed by atoms with Gasteiger partial charge < -0.3 is 0 Å². The van der Waals surface area contributed by atoms with E-state index in [9.17, 15) is 4.79 Å². The number of benzene rings is 4. The monoisotopic (exact) mass is 478 g/mol. The molecular formula is C29H26N4OS. The van der Waals surface area contributed by atoms with Gasteiger partial charge in [-0.2, -0.15) is 0 Å². The Kier molecular flexibility index (Phi) is 5.74. The van der Waals surface area contributed by atoms with Gasteiger partial charge in [-0.3, -0.25) is 15.1 Å². The minimum absolute atomic E-state index is 0.130. The molecule has 4 aromatic rings. The third-order valence-corrected chi connectivity index (χ3v) is 7.52. The Morgan fingerprint density at radius 3 is 2.34 bits per heavy atom. The molecule has 0 radical (unpaired) electrons. The standard InChI is InChI=1S/C29H26N4OS/c1-2-3-10-17-35-29-31-28(34)26-23-15-8-9-16-24(23)30-27(33(26)32-29)25-21-13-6-4-11-19(21)18-20-12-5-7-14-22(20)25/h4-9,11-16,18,27H,2-3,10,17H2,1H3,(H,31,32,34)/t27-/m1/s1. The molecule has 0 spiro atoms.